The number of anilines is 3. The first kappa shape index (κ1) is 20.4. The molecule has 0 aliphatic carbocycles. The van der Waals surface area contributed by atoms with E-state index in [1.807, 2.05) is 0 Å². The van der Waals surface area contributed by atoms with Crippen LogP contribution in [0.15, 0.2) is 36.4 Å². The highest BCUT2D eigenvalue weighted by atomic mass is 35.5. The molecule has 0 aromatic heterocycles. The minimum Gasteiger partial charge on any atom is -0.375 e. The predicted molar refractivity (Wildman–Crippen MR) is 109 cm³/mol. The normalized spacial score (nSPS) is 10.5. The Kier molecular flexibility index (Phi) is 7.14. The molecule has 0 saturated heterocycles. The van der Waals surface area contributed by atoms with Crippen LogP contribution in [-0.2, 0) is 9.59 Å². The van der Waals surface area contributed by atoms with Crippen LogP contribution in [0.25, 0.3) is 0 Å². The molecule has 3 N–H and O–H groups in total. The quantitative estimate of drug-likeness (QED) is 0.562. The van der Waals surface area contributed by atoms with Gasteiger partial charge in [-0.25, -0.2) is 0 Å². The van der Waals surface area contributed by atoms with Crippen LogP contribution in [-0.4, -0.2) is 18.4 Å². The molecule has 0 aliphatic rings. The van der Waals surface area contributed by atoms with E-state index < -0.39 is 0 Å². The van der Waals surface area contributed by atoms with Gasteiger partial charge in [-0.1, -0.05) is 54.7 Å². The molecule has 0 bridgehead atoms. The van der Waals surface area contributed by atoms with Crippen LogP contribution in [0.5, 0.6) is 0 Å². The second-order valence-electron chi connectivity index (χ2n) is 5.87. The molecular formula is C18H18Cl3N3O2. The van der Waals surface area contributed by atoms with E-state index in [9.17, 15) is 9.59 Å². The summed E-state index contributed by atoms with van der Waals surface area (Å²) >= 11 is 17.9. The lowest BCUT2D eigenvalue weighted by Crippen LogP contribution is -2.22. The Labute approximate surface area is 167 Å². The van der Waals surface area contributed by atoms with E-state index in [2.05, 4.69) is 16.0 Å². The molecule has 0 fully saturated rings. The van der Waals surface area contributed by atoms with Crippen molar-refractivity contribution < 1.29 is 9.59 Å². The van der Waals surface area contributed by atoms with Gasteiger partial charge in [-0.15, -0.1) is 0 Å². The van der Waals surface area contributed by atoms with E-state index in [0.29, 0.717) is 32.1 Å². The first-order valence-corrected chi connectivity index (χ1v) is 8.99. The van der Waals surface area contributed by atoms with Crippen molar-refractivity contribution in [1.82, 2.24) is 0 Å². The molecule has 26 heavy (non-hydrogen) atoms. The van der Waals surface area contributed by atoms with E-state index >= 15 is 0 Å². The minimum absolute atomic E-state index is 0.0136. The number of hydrogen-bond donors (Lipinski definition) is 3. The Morgan fingerprint density at radius 3 is 2.19 bits per heavy atom. The van der Waals surface area contributed by atoms with Crippen molar-refractivity contribution in [3.8, 4) is 0 Å². The highest BCUT2D eigenvalue weighted by Crippen LogP contribution is 2.32. The molecule has 0 radical (unpaired) electrons. The second-order valence-corrected chi connectivity index (χ2v) is 7.09. The molecule has 5 nitrogen and oxygen atoms in total. The summed E-state index contributed by atoms with van der Waals surface area (Å²) in [6.45, 7) is 3.60. The van der Waals surface area contributed by atoms with Gasteiger partial charge in [0.2, 0.25) is 11.8 Å². The maximum Gasteiger partial charge on any atom is 0.243 e. The standard InChI is InChI=1S/C18H18Cl3N3O2/c1-10(2)18(26)24-12-5-3-4-11(6-12)23-17(25)9-22-16-8-14(20)13(19)7-15(16)21/h3-8,10,22H,9H2,1-2H3,(H,23,25)(H,24,26). The lowest BCUT2D eigenvalue weighted by atomic mass is 10.2. The number of hydrogen-bond acceptors (Lipinski definition) is 3. The van der Waals surface area contributed by atoms with Gasteiger partial charge in [-0.05, 0) is 30.3 Å². The molecule has 0 spiro atoms. The van der Waals surface area contributed by atoms with Gasteiger partial charge in [0.05, 0.1) is 27.3 Å². The zero-order valence-corrected chi connectivity index (χ0v) is 16.5. The SMILES string of the molecule is CC(C)C(=O)Nc1cccc(NC(=O)CNc2cc(Cl)c(Cl)cc2Cl)c1. The van der Waals surface area contributed by atoms with Crippen molar-refractivity contribution in [3.63, 3.8) is 0 Å². The highest BCUT2D eigenvalue weighted by molar-refractivity contribution is 6.44. The summed E-state index contributed by atoms with van der Waals surface area (Å²) in [7, 11) is 0. The van der Waals surface area contributed by atoms with Gasteiger partial charge in [0, 0.05) is 17.3 Å². The van der Waals surface area contributed by atoms with Crippen LogP contribution in [0, 0.1) is 5.92 Å². The molecule has 0 unspecified atom stereocenters. The molecule has 0 heterocycles. The van der Waals surface area contributed by atoms with E-state index in [1.54, 1.807) is 44.2 Å². The summed E-state index contributed by atoms with van der Waals surface area (Å²) in [6, 6.07) is 9.98. The third-order valence-corrected chi connectivity index (χ3v) is 4.42. The van der Waals surface area contributed by atoms with Gasteiger partial charge in [-0.3, -0.25) is 9.59 Å². The number of nitrogens with one attached hydrogen (secondary N) is 3. The first-order valence-electron chi connectivity index (χ1n) is 7.85. The van der Waals surface area contributed by atoms with Gasteiger partial charge < -0.3 is 16.0 Å². The van der Waals surface area contributed by atoms with Crippen molar-refractivity contribution in [2.24, 2.45) is 5.92 Å². The lowest BCUT2D eigenvalue weighted by molar-refractivity contribution is -0.119. The number of carbonyl (C=O) groups is 2. The van der Waals surface area contributed by atoms with Crippen LogP contribution in [0.4, 0.5) is 17.1 Å². The van der Waals surface area contributed by atoms with Gasteiger partial charge in [-0.2, -0.15) is 0 Å². The third kappa shape index (κ3) is 5.80. The lowest BCUT2D eigenvalue weighted by Gasteiger charge is -2.12. The Balaban J connectivity index is 1.96. The maximum absolute atomic E-state index is 12.1. The molecule has 0 saturated carbocycles. The number of rotatable bonds is 6. The van der Waals surface area contributed by atoms with Crippen molar-refractivity contribution in [2.45, 2.75) is 13.8 Å². The summed E-state index contributed by atoms with van der Waals surface area (Å²) in [4.78, 5) is 23.9. The summed E-state index contributed by atoms with van der Waals surface area (Å²) in [5.41, 5.74) is 1.69. The Bertz CT molecular complexity index is 825. The fourth-order valence-electron chi connectivity index (χ4n) is 2.00. The second kappa shape index (κ2) is 9.12. The van der Waals surface area contributed by atoms with Crippen LogP contribution in [0.1, 0.15) is 13.8 Å². The summed E-state index contributed by atoms with van der Waals surface area (Å²) in [5.74, 6) is -0.503. The van der Waals surface area contributed by atoms with E-state index in [4.69, 9.17) is 34.8 Å². The molecule has 2 aromatic rings. The molecule has 2 amide bonds. The fraction of sp³-hybridized carbons (Fsp3) is 0.222. The zero-order valence-electron chi connectivity index (χ0n) is 14.2. The molecular weight excluding hydrogens is 397 g/mol. The Hall–Kier alpha value is -1.95. The van der Waals surface area contributed by atoms with Gasteiger partial charge in [0.15, 0.2) is 0 Å². The highest BCUT2D eigenvalue weighted by Gasteiger charge is 2.10. The van der Waals surface area contributed by atoms with Crippen molar-refractivity contribution >= 4 is 63.7 Å². The topological polar surface area (TPSA) is 70.2 Å². The zero-order chi connectivity index (χ0) is 19.3. The third-order valence-electron chi connectivity index (χ3n) is 3.39. The first-order chi connectivity index (χ1) is 12.3. The van der Waals surface area contributed by atoms with Crippen molar-refractivity contribution in [2.75, 3.05) is 22.5 Å². The maximum atomic E-state index is 12.1. The fourth-order valence-corrected chi connectivity index (χ4v) is 2.61. The number of benzene rings is 2. The molecule has 0 aliphatic heterocycles. The van der Waals surface area contributed by atoms with Crippen molar-refractivity contribution in [1.29, 1.82) is 0 Å². The number of amides is 2. The predicted octanol–water partition coefficient (Wildman–Crippen LogP) is 5.29. The summed E-state index contributed by atoms with van der Waals surface area (Å²) in [5, 5.41) is 9.48. The minimum atomic E-state index is -0.278. The van der Waals surface area contributed by atoms with Crippen LogP contribution >= 0.6 is 34.8 Å². The Morgan fingerprint density at radius 1 is 0.923 bits per heavy atom. The average molecular weight is 415 g/mol. The number of halogens is 3. The van der Waals surface area contributed by atoms with E-state index in [0.717, 1.165) is 0 Å². The molecule has 0 atom stereocenters. The summed E-state index contributed by atoms with van der Waals surface area (Å²) in [6.07, 6.45) is 0. The van der Waals surface area contributed by atoms with Crippen LogP contribution in [0.2, 0.25) is 15.1 Å². The number of carbonyl (C=O) groups excluding carboxylic acids is 2. The molecule has 2 rings (SSSR count). The largest absolute Gasteiger partial charge is 0.375 e. The van der Waals surface area contributed by atoms with E-state index in [1.165, 1.54) is 6.07 Å². The van der Waals surface area contributed by atoms with Crippen LogP contribution in [0.3, 0.4) is 0 Å². The van der Waals surface area contributed by atoms with Crippen LogP contribution < -0.4 is 16.0 Å². The van der Waals surface area contributed by atoms with Gasteiger partial charge >= 0.3 is 0 Å². The van der Waals surface area contributed by atoms with Crippen molar-refractivity contribution in [3.05, 3.63) is 51.5 Å². The van der Waals surface area contributed by atoms with Gasteiger partial charge in [0.25, 0.3) is 0 Å². The molecule has 8 heteroatoms. The Morgan fingerprint density at radius 2 is 1.54 bits per heavy atom. The molecule has 2 aromatic carbocycles. The average Bonchev–Trinajstić information content (AvgIpc) is 2.57. The smallest absolute Gasteiger partial charge is 0.243 e. The summed E-state index contributed by atoms with van der Waals surface area (Å²) < 4.78 is 0. The monoisotopic (exact) mass is 413 g/mol. The molecule has 138 valence electrons. The van der Waals surface area contributed by atoms with E-state index in [-0.39, 0.29) is 24.3 Å². The van der Waals surface area contributed by atoms with Gasteiger partial charge in [0.1, 0.15) is 0 Å².